The number of carbonyl (C=O) groups excluding carboxylic acids is 2. The Morgan fingerprint density at radius 1 is 1.06 bits per heavy atom. The van der Waals surface area contributed by atoms with Gasteiger partial charge in [0.15, 0.2) is 17.6 Å². The van der Waals surface area contributed by atoms with E-state index in [1.54, 1.807) is 0 Å². The van der Waals surface area contributed by atoms with Gasteiger partial charge >= 0.3 is 0 Å². The first-order chi connectivity index (χ1) is 15.7. The van der Waals surface area contributed by atoms with Crippen molar-refractivity contribution in [2.24, 2.45) is 0 Å². The summed E-state index contributed by atoms with van der Waals surface area (Å²) in [6.07, 6.45) is -0.497. The predicted octanol–water partition coefficient (Wildman–Crippen LogP) is 1.27. The number of hydrogen-bond donors (Lipinski definition) is 3. The number of sulfonamides is 1. The molecule has 0 aromatic heterocycles. The van der Waals surface area contributed by atoms with Gasteiger partial charge in [-0.25, -0.2) is 17.5 Å². The van der Waals surface area contributed by atoms with Crippen LogP contribution in [0.15, 0.2) is 47.4 Å². The van der Waals surface area contributed by atoms with E-state index < -0.39 is 33.8 Å². The van der Waals surface area contributed by atoms with Gasteiger partial charge < -0.3 is 14.2 Å². The van der Waals surface area contributed by atoms with E-state index >= 15 is 0 Å². The highest BCUT2D eigenvalue weighted by atomic mass is 32.2. The normalized spacial score (nSPS) is 14.0. The minimum atomic E-state index is -3.88. The van der Waals surface area contributed by atoms with E-state index in [0.717, 1.165) is 0 Å². The molecule has 1 heterocycles. The van der Waals surface area contributed by atoms with Gasteiger partial charge in [0.25, 0.3) is 5.91 Å². The van der Waals surface area contributed by atoms with Crippen molar-refractivity contribution in [1.82, 2.24) is 15.6 Å². The van der Waals surface area contributed by atoms with Crippen molar-refractivity contribution < 1.29 is 36.6 Å². The summed E-state index contributed by atoms with van der Waals surface area (Å²) in [5.74, 6) is -0.590. The Labute approximate surface area is 190 Å². The van der Waals surface area contributed by atoms with Gasteiger partial charge in [0.2, 0.25) is 15.9 Å². The van der Waals surface area contributed by atoms with Crippen LogP contribution in [-0.4, -0.2) is 46.1 Å². The van der Waals surface area contributed by atoms with E-state index in [-0.39, 0.29) is 23.6 Å². The number of hydrogen-bond acceptors (Lipinski definition) is 7. The number of hydrazine groups is 1. The molecule has 1 aliphatic rings. The second kappa shape index (κ2) is 11.0. The fourth-order valence-electron chi connectivity index (χ4n) is 2.76. The van der Waals surface area contributed by atoms with E-state index in [2.05, 4.69) is 15.6 Å². The molecule has 0 saturated heterocycles. The van der Waals surface area contributed by atoms with Crippen molar-refractivity contribution in [3.05, 3.63) is 48.3 Å². The molecule has 0 radical (unpaired) electrons. The lowest BCUT2D eigenvalue weighted by Gasteiger charge is -2.15. The van der Waals surface area contributed by atoms with E-state index in [0.29, 0.717) is 31.1 Å². The third-order valence-electron chi connectivity index (χ3n) is 4.49. The second-order valence-corrected chi connectivity index (χ2v) is 8.83. The van der Waals surface area contributed by atoms with Crippen LogP contribution in [0.3, 0.4) is 0 Å². The van der Waals surface area contributed by atoms with Crippen LogP contribution in [0.2, 0.25) is 0 Å². The Bertz CT molecular complexity index is 1090. The molecule has 0 saturated carbocycles. The maximum Gasteiger partial charge on any atom is 0.279 e. The molecule has 1 aliphatic heterocycles. The molecule has 0 bridgehead atoms. The van der Waals surface area contributed by atoms with Gasteiger partial charge in [-0.05, 0) is 43.3 Å². The van der Waals surface area contributed by atoms with Crippen LogP contribution in [0, 0.1) is 5.82 Å². The summed E-state index contributed by atoms with van der Waals surface area (Å²) in [7, 11) is -3.88. The summed E-state index contributed by atoms with van der Waals surface area (Å²) in [6, 6.07) is 9.39. The summed E-state index contributed by atoms with van der Waals surface area (Å²) >= 11 is 0. The van der Waals surface area contributed by atoms with E-state index in [9.17, 15) is 22.4 Å². The van der Waals surface area contributed by atoms with Crippen LogP contribution in [0.4, 0.5) is 4.39 Å². The molecule has 2 amide bonds. The zero-order valence-corrected chi connectivity index (χ0v) is 18.6. The molecule has 1 unspecified atom stereocenters. The molecule has 10 nitrogen and oxygen atoms in total. The summed E-state index contributed by atoms with van der Waals surface area (Å²) in [6.45, 7) is 2.16. The molecule has 1 atom stereocenters. The van der Waals surface area contributed by atoms with E-state index in [1.807, 2.05) is 0 Å². The summed E-state index contributed by atoms with van der Waals surface area (Å²) < 4.78 is 56.5. The number of halogens is 1. The molecule has 3 rings (SSSR count). The first-order valence-electron chi connectivity index (χ1n) is 10.1. The highest BCUT2D eigenvalue weighted by molar-refractivity contribution is 7.89. The molecule has 0 aliphatic carbocycles. The molecule has 2 aromatic rings. The van der Waals surface area contributed by atoms with Crippen LogP contribution in [0.1, 0.15) is 19.8 Å². The smallest absolute Gasteiger partial charge is 0.279 e. The largest absolute Gasteiger partial charge is 0.490 e. The Balaban J connectivity index is 1.42. The number of ether oxygens (including phenoxy) is 3. The first-order valence-corrected chi connectivity index (χ1v) is 11.6. The topological polar surface area (TPSA) is 132 Å². The van der Waals surface area contributed by atoms with Crippen LogP contribution in [0.25, 0.3) is 0 Å². The highest BCUT2D eigenvalue weighted by Gasteiger charge is 2.19. The van der Waals surface area contributed by atoms with Crippen LogP contribution < -0.4 is 29.8 Å². The third kappa shape index (κ3) is 7.05. The standard InChI is InChI=1S/C21H24FN3O7S/c1-14(32-16-5-3-15(22)4-6-16)21(27)25-24-20(26)9-10-23-33(28,29)17-7-8-18-19(13-17)31-12-2-11-30-18/h3-8,13-14,23H,2,9-12H2,1H3,(H,24,26)(H,25,27). The van der Waals surface area contributed by atoms with Crippen molar-refractivity contribution in [1.29, 1.82) is 0 Å². The molecule has 3 N–H and O–H groups in total. The molecule has 0 spiro atoms. The van der Waals surface area contributed by atoms with Gasteiger partial charge in [0, 0.05) is 25.5 Å². The molecular formula is C21H24FN3O7S. The highest BCUT2D eigenvalue weighted by Crippen LogP contribution is 2.31. The van der Waals surface area contributed by atoms with Crippen molar-refractivity contribution in [2.45, 2.75) is 30.8 Å². The third-order valence-corrected chi connectivity index (χ3v) is 5.95. The Hall–Kier alpha value is -3.38. The number of nitrogens with one attached hydrogen (secondary N) is 3. The second-order valence-electron chi connectivity index (χ2n) is 7.06. The lowest BCUT2D eigenvalue weighted by Crippen LogP contribution is -2.47. The zero-order valence-electron chi connectivity index (χ0n) is 17.8. The average Bonchev–Trinajstić information content (AvgIpc) is 3.03. The van der Waals surface area contributed by atoms with Crippen LogP contribution >= 0.6 is 0 Å². The quantitative estimate of drug-likeness (QED) is 0.484. The zero-order chi connectivity index (χ0) is 23.8. The van der Waals surface area contributed by atoms with Crippen LogP contribution in [0.5, 0.6) is 17.2 Å². The van der Waals surface area contributed by atoms with Crippen molar-refractivity contribution >= 4 is 21.8 Å². The molecule has 0 fully saturated rings. The van der Waals surface area contributed by atoms with Gasteiger partial charge in [-0.15, -0.1) is 0 Å². The summed E-state index contributed by atoms with van der Waals surface area (Å²) in [4.78, 5) is 23.9. The molecular weight excluding hydrogens is 457 g/mol. The minimum absolute atomic E-state index is 0.0211. The van der Waals surface area contributed by atoms with Gasteiger partial charge in [-0.1, -0.05) is 0 Å². The van der Waals surface area contributed by atoms with Gasteiger partial charge in [0.05, 0.1) is 18.1 Å². The van der Waals surface area contributed by atoms with Gasteiger partial charge in [0.1, 0.15) is 11.6 Å². The monoisotopic (exact) mass is 481 g/mol. The number of benzene rings is 2. The lowest BCUT2D eigenvalue weighted by atomic mass is 10.3. The predicted molar refractivity (Wildman–Crippen MR) is 115 cm³/mol. The van der Waals surface area contributed by atoms with Crippen molar-refractivity contribution in [2.75, 3.05) is 19.8 Å². The molecule has 2 aromatic carbocycles. The van der Waals surface area contributed by atoms with E-state index in [4.69, 9.17) is 14.2 Å². The fourth-order valence-corrected chi connectivity index (χ4v) is 3.81. The SMILES string of the molecule is CC(Oc1ccc(F)cc1)C(=O)NNC(=O)CCNS(=O)(=O)c1ccc2c(c1)OCCCO2. The van der Waals surface area contributed by atoms with E-state index in [1.165, 1.54) is 49.4 Å². The number of rotatable bonds is 8. The summed E-state index contributed by atoms with van der Waals surface area (Å²) in [5.41, 5.74) is 4.37. The fraction of sp³-hybridized carbons (Fsp3) is 0.333. The molecule has 33 heavy (non-hydrogen) atoms. The number of carbonyl (C=O) groups is 2. The summed E-state index contributed by atoms with van der Waals surface area (Å²) in [5, 5.41) is 0. The van der Waals surface area contributed by atoms with Gasteiger partial charge in [-0.3, -0.25) is 20.4 Å². The Kier molecular flexibility index (Phi) is 8.06. The number of amides is 2. The van der Waals surface area contributed by atoms with Crippen molar-refractivity contribution in [3.8, 4) is 17.2 Å². The molecule has 12 heteroatoms. The Morgan fingerprint density at radius 2 is 1.76 bits per heavy atom. The van der Waals surface area contributed by atoms with Gasteiger partial charge in [-0.2, -0.15) is 0 Å². The maximum atomic E-state index is 12.9. The van der Waals surface area contributed by atoms with Crippen molar-refractivity contribution in [3.63, 3.8) is 0 Å². The van der Waals surface area contributed by atoms with Crippen LogP contribution in [-0.2, 0) is 19.6 Å². The maximum absolute atomic E-state index is 12.9. The lowest BCUT2D eigenvalue weighted by molar-refractivity contribution is -0.132. The first kappa shape index (κ1) is 24.3. The number of fused-ring (bicyclic) bond motifs is 1. The molecule has 178 valence electrons. The Morgan fingerprint density at radius 3 is 2.48 bits per heavy atom. The minimum Gasteiger partial charge on any atom is -0.490 e. The average molecular weight is 482 g/mol.